The number of hydrogen-bond acceptors (Lipinski definition) is 1. The van der Waals surface area contributed by atoms with Gasteiger partial charge in [0.1, 0.15) is 0 Å². The summed E-state index contributed by atoms with van der Waals surface area (Å²) in [6.07, 6.45) is 2.05. The van der Waals surface area contributed by atoms with Crippen molar-refractivity contribution in [2.24, 2.45) is 0 Å². The van der Waals surface area contributed by atoms with Gasteiger partial charge >= 0.3 is 0 Å². The minimum atomic E-state index is 0.665. The van der Waals surface area contributed by atoms with Gasteiger partial charge in [-0.05, 0) is 31.7 Å². The Morgan fingerprint density at radius 1 is 1.43 bits per heavy atom. The predicted molar refractivity (Wildman–Crippen MR) is 64.0 cm³/mol. The molecule has 0 saturated heterocycles. The molecule has 76 valence electrons. The average molecular weight is 230 g/mol. The van der Waals surface area contributed by atoms with Crippen LogP contribution < -0.4 is 5.32 Å². The van der Waals surface area contributed by atoms with Gasteiger partial charge in [0.25, 0.3) is 0 Å². The minimum Gasteiger partial charge on any atom is -0.316 e. The Balaban J connectivity index is 2.91. The molecule has 0 unspecified atom stereocenters. The first-order valence-electron chi connectivity index (χ1n) is 4.40. The Labute approximate surface area is 94.7 Å². The molecule has 1 nitrogen and oxygen atoms in total. The summed E-state index contributed by atoms with van der Waals surface area (Å²) in [6, 6.07) is 5.51. The van der Waals surface area contributed by atoms with Crippen LogP contribution in [0.3, 0.4) is 0 Å². The highest BCUT2D eigenvalue weighted by molar-refractivity contribution is 6.35. The molecule has 0 aliphatic rings. The lowest BCUT2D eigenvalue weighted by Crippen LogP contribution is -2.08. The monoisotopic (exact) mass is 229 g/mol. The van der Waals surface area contributed by atoms with Crippen molar-refractivity contribution in [3.8, 4) is 0 Å². The SMILES string of the molecule is CNCC(C)=Cc1ccc(Cl)cc1Cl. The molecular formula is C11H13Cl2N. The highest BCUT2D eigenvalue weighted by Crippen LogP contribution is 2.22. The molecule has 1 aromatic carbocycles. The van der Waals surface area contributed by atoms with E-state index in [1.54, 1.807) is 6.07 Å². The Morgan fingerprint density at radius 2 is 2.14 bits per heavy atom. The molecule has 1 aromatic rings. The summed E-state index contributed by atoms with van der Waals surface area (Å²) < 4.78 is 0. The van der Waals surface area contributed by atoms with Crippen LogP contribution in [0, 0.1) is 0 Å². The van der Waals surface area contributed by atoms with Crippen LogP contribution in [0.4, 0.5) is 0 Å². The van der Waals surface area contributed by atoms with Crippen molar-refractivity contribution in [1.29, 1.82) is 0 Å². The number of rotatable bonds is 3. The molecule has 3 heteroatoms. The van der Waals surface area contributed by atoms with Crippen LogP contribution >= 0.6 is 23.2 Å². The molecule has 0 aromatic heterocycles. The van der Waals surface area contributed by atoms with Gasteiger partial charge in [0.2, 0.25) is 0 Å². The Bertz CT molecular complexity index is 345. The van der Waals surface area contributed by atoms with Gasteiger partial charge in [0.05, 0.1) is 0 Å². The van der Waals surface area contributed by atoms with E-state index in [-0.39, 0.29) is 0 Å². The van der Waals surface area contributed by atoms with Gasteiger partial charge in [-0.2, -0.15) is 0 Å². The summed E-state index contributed by atoms with van der Waals surface area (Å²) in [6.45, 7) is 2.92. The first-order valence-corrected chi connectivity index (χ1v) is 5.16. The van der Waals surface area contributed by atoms with Crippen molar-refractivity contribution in [1.82, 2.24) is 5.32 Å². The smallest absolute Gasteiger partial charge is 0.0493 e. The molecule has 0 atom stereocenters. The molecule has 0 bridgehead atoms. The molecule has 0 heterocycles. The Morgan fingerprint density at radius 3 is 2.71 bits per heavy atom. The fourth-order valence-electron chi connectivity index (χ4n) is 1.21. The highest BCUT2D eigenvalue weighted by Gasteiger charge is 1.98. The average Bonchev–Trinajstić information content (AvgIpc) is 2.10. The van der Waals surface area contributed by atoms with Crippen molar-refractivity contribution in [3.63, 3.8) is 0 Å². The molecule has 0 saturated carbocycles. The summed E-state index contributed by atoms with van der Waals surface area (Å²) in [5.41, 5.74) is 2.24. The zero-order valence-corrected chi connectivity index (χ0v) is 9.78. The lowest BCUT2D eigenvalue weighted by molar-refractivity contribution is 0.884. The summed E-state index contributed by atoms with van der Waals surface area (Å²) in [7, 11) is 1.92. The van der Waals surface area contributed by atoms with Gasteiger partial charge < -0.3 is 5.32 Å². The number of nitrogens with one attached hydrogen (secondary N) is 1. The van der Waals surface area contributed by atoms with E-state index in [1.807, 2.05) is 19.2 Å². The molecular weight excluding hydrogens is 217 g/mol. The van der Waals surface area contributed by atoms with Crippen molar-refractivity contribution < 1.29 is 0 Å². The van der Waals surface area contributed by atoms with E-state index < -0.39 is 0 Å². The highest BCUT2D eigenvalue weighted by atomic mass is 35.5. The van der Waals surface area contributed by atoms with E-state index in [9.17, 15) is 0 Å². The molecule has 0 radical (unpaired) electrons. The van der Waals surface area contributed by atoms with E-state index >= 15 is 0 Å². The first-order chi connectivity index (χ1) is 6.63. The molecule has 14 heavy (non-hydrogen) atoms. The second-order valence-corrected chi connectivity index (χ2v) is 4.03. The zero-order valence-electron chi connectivity index (χ0n) is 8.27. The fourth-order valence-corrected chi connectivity index (χ4v) is 1.68. The van der Waals surface area contributed by atoms with Crippen LogP contribution in [0.15, 0.2) is 23.8 Å². The largest absolute Gasteiger partial charge is 0.316 e. The van der Waals surface area contributed by atoms with Crippen molar-refractivity contribution in [2.45, 2.75) is 6.92 Å². The number of likely N-dealkylation sites (N-methyl/N-ethyl adjacent to an activating group) is 1. The molecule has 0 fully saturated rings. The third-order valence-corrected chi connectivity index (χ3v) is 2.38. The summed E-state index contributed by atoms with van der Waals surface area (Å²) in [5.74, 6) is 0. The van der Waals surface area contributed by atoms with Crippen LogP contribution in [-0.4, -0.2) is 13.6 Å². The van der Waals surface area contributed by atoms with Crippen molar-refractivity contribution >= 4 is 29.3 Å². The van der Waals surface area contributed by atoms with Crippen molar-refractivity contribution in [2.75, 3.05) is 13.6 Å². The quantitative estimate of drug-likeness (QED) is 0.836. The summed E-state index contributed by atoms with van der Waals surface area (Å²) in [5, 5.41) is 4.43. The van der Waals surface area contributed by atoms with E-state index in [0.717, 1.165) is 12.1 Å². The molecule has 0 aliphatic carbocycles. The molecule has 0 aliphatic heterocycles. The van der Waals surface area contributed by atoms with Crippen LogP contribution in [0.5, 0.6) is 0 Å². The summed E-state index contributed by atoms with van der Waals surface area (Å²) in [4.78, 5) is 0. The molecule has 0 spiro atoms. The van der Waals surface area contributed by atoms with Gasteiger partial charge in [-0.15, -0.1) is 0 Å². The van der Waals surface area contributed by atoms with E-state index in [0.29, 0.717) is 10.0 Å². The second kappa shape index (κ2) is 5.40. The lowest BCUT2D eigenvalue weighted by atomic mass is 10.1. The van der Waals surface area contributed by atoms with Gasteiger partial charge in [0, 0.05) is 16.6 Å². The Hall–Kier alpha value is -0.500. The zero-order chi connectivity index (χ0) is 10.6. The third-order valence-electron chi connectivity index (χ3n) is 1.82. The second-order valence-electron chi connectivity index (χ2n) is 3.19. The number of halogens is 2. The Kier molecular flexibility index (Phi) is 4.46. The van der Waals surface area contributed by atoms with Crippen LogP contribution in [0.1, 0.15) is 12.5 Å². The molecule has 0 amide bonds. The minimum absolute atomic E-state index is 0.665. The molecule has 1 N–H and O–H groups in total. The topological polar surface area (TPSA) is 12.0 Å². The van der Waals surface area contributed by atoms with Crippen LogP contribution in [0.25, 0.3) is 6.08 Å². The maximum Gasteiger partial charge on any atom is 0.0493 e. The maximum absolute atomic E-state index is 6.02. The lowest BCUT2D eigenvalue weighted by Gasteiger charge is -2.02. The van der Waals surface area contributed by atoms with Crippen LogP contribution in [0.2, 0.25) is 10.0 Å². The first kappa shape index (κ1) is 11.6. The van der Waals surface area contributed by atoms with Gasteiger partial charge in [-0.1, -0.05) is 40.9 Å². The van der Waals surface area contributed by atoms with Gasteiger partial charge in [0.15, 0.2) is 0 Å². The van der Waals surface area contributed by atoms with E-state index in [2.05, 4.69) is 18.3 Å². The fraction of sp³-hybridized carbons (Fsp3) is 0.273. The number of hydrogen-bond donors (Lipinski definition) is 1. The van der Waals surface area contributed by atoms with Crippen LogP contribution in [-0.2, 0) is 0 Å². The third kappa shape index (κ3) is 3.33. The number of benzene rings is 1. The van der Waals surface area contributed by atoms with E-state index in [4.69, 9.17) is 23.2 Å². The predicted octanol–water partition coefficient (Wildman–Crippen LogP) is 3.62. The van der Waals surface area contributed by atoms with Gasteiger partial charge in [-0.25, -0.2) is 0 Å². The normalized spacial score (nSPS) is 11.9. The van der Waals surface area contributed by atoms with Gasteiger partial charge in [-0.3, -0.25) is 0 Å². The van der Waals surface area contributed by atoms with Crippen molar-refractivity contribution in [3.05, 3.63) is 39.4 Å². The standard InChI is InChI=1S/C11H13Cl2N/c1-8(7-14-2)5-9-3-4-10(12)6-11(9)13/h3-6,14H,7H2,1-2H3. The van der Waals surface area contributed by atoms with E-state index in [1.165, 1.54) is 5.57 Å². The summed E-state index contributed by atoms with van der Waals surface area (Å²) >= 11 is 11.8. The maximum atomic E-state index is 6.02. The molecule has 1 rings (SSSR count).